The first-order chi connectivity index (χ1) is 9.43. The minimum absolute atomic E-state index is 0.120. The van der Waals surface area contributed by atoms with Crippen LogP contribution in [0.3, 0.4) is 0 Å². The van der Waals surface area contributed by atoms with Gasteiger partial charge >= 0.3 is 8.80 Å². The Bertz CT molecular complexity index is 298. The summed E-state index contributed by atoms with van der Waals surface area (Å²) in [5.41, 5.74) is -0.911. The first-order valence-electron chi connectivity index (χ1n) is 7.58. The van der Waals surface area contributed by atoms with E-state index in [2.05, 4.69) is 6.58 Å². The third-order valence-corrected chi connectivity index (χ3v) is 6.16. The van der Waals surface area contributed by atoms with Crippen molar-refractivity contribution in [1.82, 2.24) is 0 Å². The van der Waals surface area contributed by atoms with Crippen LogP contribution in [0.15, 0.2) is 12.7 Å². The molecule has 0 bridgehead atoms. The lowest BCUT2D eigenvalue weighted by Gasteiger charge is -2.37. The van der Waals surface area contributed by atoms with Crippen LogP contribution in [0, 0.1) is 0 Å². The summed E-state index contributed by atoms with van der Waals surface area (Å²) in [5.74, 6) is -0.120. The summed E-state index contributed by atoms with van der Waals surface area (Å²) in [6, 6.07) is 0.660. The molecule has 4 nitrogen and oxygen atoms in total. The van der Waals surface area contributed by atoms with Gasteiger partial charge in [0, 0.05) is 19.3 Å². The first kappa shape index (κ1) is 19.5. The minimum atomic E-state index is -2.82. The van der Waals surface area contributed by atoms with Crippen LogP contribution >= 0.6 is 0 Å². The van der Waals surface area contributed by atoms with Crippen molar-refractivity contribution < 1.29 is 18.1 Å². The van der Waals surface area contributed by atoms with Crippen LogP contribution in [0.5, 0.6) is 0 Å². The molecule has 0 saturated carbocycles. The van der Waals surface area contributed by atoms with Gasteiger partial charge in [0.2, 0.25) is 0 Å². The summed E-state index contributed by atoms with van der Waals surface area (Å²) in [6.07, 6.45) is 3.67. The van der Waals surface area contributed by atoms with Crippen molar-refractivity contribution in [2.24, 2.45) is 0 Å². The maximum absolute atomic E-state index is 12.1. The van der Waals surface area contributed by atoms with Gasteiger partial charge < -0.3 is 13.3 Å². The summed E-state index contributed by atoms with van der Waals surface area (Å²) in [5, 5.41) is 0. The van der Waals surface area contributed by atoms with Gasteiger partial charge in [0.15, 0.2) is 5.78 Å². The van der Waals surface area contributed by atoms with E-state index >= 15 is 0 Å². The van der Waals surface area contributed by atoms with E-state index in [9.17, 15) is 4.79 Å². The van der Waals surface area contributed by atoms with Gasteiger partial charge in [-0.05, 0) is 32.3 Å². The normalized spacial score (nSPS) is 14.8. The van der Waals surface area contributed by atoms with E-state index in [1.807, 2.05) is 27.7 Å². The summed E-state index contributed by atoms with van der Waals surface area (Å²) >= 11 is 0. The van der Waals surface area contributed by atoms with E-state index in [1.54, 1.807) is 6.92 Å². The first-order valence-corrected chi connectivity index (χ1v) is 9.51. The van der Waals surface area contributed by atoms with Crippen molar-refractivity contribution in [3.05, 3.63) is 12.7 Å². The molecule has 0 saturated heterocycles. The molecule has 5 heteroatoms. The van der Waals surface area contributed by atoms with Gasteiger partial charge in [-0.3, -0.25) is 4.79 Å². The molecular formula is C15H30O4Si. The molecule has 118 valence electrons. The SMILES string of the molecule is C=CC(=O)C(C)(CC)O[Si](CC)(OCCC)OCCC. The van der Waals surface area contributed by atoms with Crippen LogP contribution in [0.2, 0.25) is 6.04 Å². The van der Waals surface area contributed by atoms with Gasteiger partial charge in [-0.25, -0.2) is 0 Å². The van der Waals surface area contributed by atoms with Gasteiger partial charge in [-0.1, -0.05) is 34.3 Å². The van der Waals surface area contributed by atoms with Crippen molar-refractivity contribution in [3.8, 4) is 0 Å². The molecule has 1 atom stereocenters. The third kappa shape index (κ3) is 5.48. The molecule has 0 aliphatic rings. The van der Waals surface area contributed by atoms with Gasteiger partial charge in [-0.2, -0.15) is 0 Å². The van der Waals surface area contributed by atoms with E-state index in [0.717, 1.165) is 12.8 Å². The lowest BCUT2D eigenvalue weighted by atomic mass is 9.98. The summed E-state index contributed by atoms with van der Waals surface area (Å²) < 4.78 is 18.0. The zero-order chi connectivity index (χ0) is 15.6. The lowest BCUT2D eigenvalue weighted by molar-refractivity contribution is -0.133. The highest BCUT2D eigenvalue weighted by atomic mass is 28.4. The van der Waals surface area contributed by atoms with E-state index in [1.165, 1.54) is 6.08 Å². The molecule has 0 heterocycles. The maximum Gasteiger partial charge on any atom is 0.501 e. The maximum atomic E-state index is 12.1. The van der Waals surface area contributed by atoms with E-state index in [4.69, 9.17) is 13.3 Å². The smallest absolute Gasteiger partial charge is 0.373 e. The molecule has 0 rings (SSSR count). The zero-order valence-corrected chi connectivity index (χ0v) is 14.7. The molecule has 20 heavy (non-hydrogen) atoms. The second-order valence-corrected chi connectivity index (χ2v) is 7.84. The van der Waals surface area contributed by atoms with Crippen molar-refractivity contribution in [2.45, 2.75) is 65.5 Å². The molecule has 0 fully saturated rings. The number of carbonyl (C=O) groups is 1. The number of hydrogen-bond acceptors (Lipinski definition) is 4. The van der Waals surface area contributed by atoms with Crippen molar-refractivity contribution in [1.29, 1.82) is 0 Å². The van der Waals surface area contributed by atoms with E-state index in [0.29, 0.717) is 25.7 Å². The Labute approximate surface area is 124 Å². The van der Waals surface area contributed by atoms with Crippen molar-refractivity contribution >= 4 is 14.6 Å². The predicted octanol–water partition coefficient (Wildman–Crippen LogP) is 3.74. The highest BCUT2D eigenvalue weighted by Crippen LogP contribution is 2.27. The number of carbonyl (C=O) groups excluding carboxylic acids is 1. The molecule has 0 aromatic rings. The average molecular weight is 302 g/mol. The molecule has 0 aliphatic carbocycles. The fraction of sp³-hybridized carbons (Fsp3) is 0.800. The predicted molar refractivity (Wildman–Crippen MR) is 83.7 cm³/mol. The second kappa shape index (κ2) is 9.44. The Morgan fingerprint density at radius 1 is 1.15 bits per heavy atom. The monoisotopic (exact) mass is 302 g/mol. The minimum Gasteiger partial charge on any atom is -0.373 e. The van der Waals surface area contributed by atoms with Crippen LogP contribution in [0.25, 0.3) is 0 Å². The van der Waals surface area contributed by atoms with Gasteiger partial charge in [-0.15, -0.1) is 0 Å². The van der Waals surface area contributed by atoms with Gasteiger partial charge in [0.1, 0.15) is 5.60 Å². The molecule has 0 N–H and O–H groups in total. The molecule has 0 aromatic heterocycles. The fourth-order valence-corrected chi connectivity index (χ4v) is 4.46. The number of ketones is 1. The largest absolute Gasteiger partial charge is 0.501 e. The Balaban J connectivity index is 5.17. The van der Waals surface area contributed by atoms with Crippen molar-refractivity contribution in [2.75, 3.05) is 13.2 Å². The van der Waals surface area contributed by atoms with E-state index in [-0.39, 0.29) is 5.78 Å². The average Bonchev–Trinajstić information content (AvgIpc) is 2.49. The van der Waals surface area contributed by atoms with Gasteiger partial charge in [0.05, 0.1) is 0 Å². The molecule has 0 aliphatic heterocycles. The highest BCUT2D eigenvalue weighted by Gasteiger charge is 2.47. The number of hydrogen-bond donors (Lipinski definition) is 0. The quantitative estimate of drug-likeness (QED) is 0.407. The second-order valence-electron chi connectivity index (χ2n) is 4.99. The van der Waals surface area contributed by atoms with Crippen molar-refractivity contribution in [3.63, 3.8) is 0 Å². The molecule has 0 amide bonds. The third-order valence-electron chi connectivity index (χ3n) is 3.25. The molecule has 0 spiro atoms. The Kier molecular flexibility index (Phi) is 9.21. The van der Waals surface area contributed by atoms with E-state index < -0.39 is 14.4 Å². The highest BCUT2D eigenvalue weighted by molar-refractivity contribution is 6.61. The summed E-state index contributed by atoms with van der Waals surface area (Å²) in [4.78, 5) is 12.1. The Morgan fingerprint density at radius 3 is 1.95 bits per heavy atom. The van der Waals surface area contributed by atoms with Crippen LogP contribution in [0.4, 0.5) is 0 Å². The zero-order valence-electron chi connectivity index (χ0n) is 13.7. The van der Waals surface area contributed by atoms with Crippen LogP contribution in [0.1, 0.15) is 53.9 Å². The molecular weight excluding hydrogens is 272 g/mol. The fourth-order valence-electron chi connectivity index (χ4n) is 1.75. The standard InChI is InChI=1S/C15H30O4Si/c1-7-12-17-20(11-5,18-13-8-2)19-15(6,10-4)14(16)9-3/h9H,3,7-8,10-13H2,1-2,4-6H3. The van der Waals surface area contributed by atoms with Gasteiger partial charge in [0.25, 0.3) is 0 Å². The van der Waals surface area contributed by atoms with Crippen LogP contribution < -0.4 is 0 Å². The number of rotatable bonds is 12. The summed E-state index contributed by atoms with van der Waals surface area (Å²) in [6.45, 7) is 14.5. The molecule has 0 aromatic carbocycles. The topological polar surface area (TPSA) is 44.8 Å². The Hall–Kier alpha value is -0.493. The lowest BCUT2D eigenvalue weighted by Crippen LogP contribution is -2.54. The Morgan fingerprint density at radius 2 is 1.65 bits per heavy atom. The summed E-state index contributed by atoms with van der Waals surface area (Å²) in [7, 11) is -2.82. The molecule has 1 unspecified atom stereocenters. The van der Waals surface area contributed by atoms with Crippen LogP contribution in [-0.2, 0) is 18.1 Å². The molecule has 0 radical (unpaired) electrons. The van der Waals surface area contributed by atoms with Crippen LogP contribution in [-0.4, -0.2) is 33.4 Å².